The van der Waals surface area contributed by atoms with Crippen LogP contribution in [0.1, 0.15) is 5.69 Å². The standard InChI is InChI=1S/C16H14F3N7/c1-24-8-10(9-4-3-6-21-15(9)24)12-13(16(17,18)19)23-26(14(12)20)11-5-7-25(2)22-11/h3-8H,20H2,1-2H3. The second kappa shape index (κ2) is 5.35. The first kappa shape index (κ1) is 16.2. The maximum absolute atomic E-state index is 13.7. The number of pyridine rings is 1. The summed E-state index contributed by atoms with van der Waals surface area (Å²) in [6, 6.07) is 4.91. The van der Waals surface area contributed by atoms with Gasteiger partial charge in [0.25, 0.3) is 0 Å². The Morgan fingerprint density at radius 1 is 1.12 bits per heavy atom. The number of nitrogens with zero attached hydrogens (tertiary/aromatic N) is 6. The molecule has 0 aliphatic rings. The number of fused-ring (bicyclic) bond motifs is 1. The Bertz CT molecular complexity index is 1120. The smallest absolute Gasteiger partial charge is 0.383 e. The normalized spacial score (nSPS) is 12.2. The molecule has 2 N–H and O–H groups in total. The SMILES string of the molecule is Cn1ccc(-n2nc(C(F)(F)F)c(-c3cn(C)c4ncccc34)c2N)n1. The molecule has 4 aromatic heterocycles. The number of anilines is 1. The van der Waals surface area contributed by atoms with Crippen LogP contribution in [0.25, 0.3) is 28.0 Å². The third-order valence-corrected chi connectivity index (χ3v) is 4.11. The van der Waals surface area contributed by atoms with Crippen LogP contribution in [-0.4, -0.2) is 29.1 Å². The Balaban J connectivity index is 2.05. The fourth-order valence-corrected chi connectivity index (χ4v) is 3.00. The van der Waals surface area contributed by atoms with Gasteiger partial charge >= 0.3 is 6.18 Å². The first-order valence-electron chi connectivity index (χ1n) is 7.63. The minimum absolute atomic E-state index is 0.132. The molecule has 0 bridgehead atoms. The summed E-state index contributed by atoms with van der Waals surface area (Å²) in [7, 11) is 3.37. The third kappa shape index (κ3) is 2.33. The highest BCUT2D eigenvalue weighted by molar-refractivity contribution is 5.97. The van der Waals surface area contributed by atoms with Gasteiger partial charge in [0.1, 0.15) is 11.5 Å². The summed E-state index contributed by atoms with van der Waals surface area (Å²) in [4.78, 5) is 4.21. The highest BCUT2D eigenvalue weighted by Crippen LogP contribution is 2.43. The van der Waals surface area contributed by atoms with Gasteiger partial charge in [-0.25, -0.2) is 4.98 Å². The van der Waals surface area contributed by atoms with E-state index >= 15 is 0 Å². The number of halogens is 3. The quantitative estimate of drug-likeness (QED) is 0.595. The molecule has 4 rings (SSSR count). The van der Waals surface area contributed by atoms with Crippen LogP contribution in [0, 0.1) is 0 Å². The molecule has 4 heterocycles. The number of nitrogen functional groups attached to an aromatic ring is 1. The Labute approximate surface area is 145 Å². The van der Waals surface area contributed by atoms with Crippen molar-refractivity contribution >= 4 is 16.9 Å². The maximum atomic E-state index is 13.7. The molecule has 0 spiro atoms. The molecular formula is C16H14F3N7. The van der Waals surface area contributed by atoms with E-state index in [2.05, 4.69) is 15.2 Å². The van der Waals surface area contributed by atoms with Gasteiger partial charge in [-0.1, -0.05) is 0 Å². The first-order chi connectivity index (χ1) is 12.3. The lowest BCUT2D eigenvalue weighted by atomic mass is 10.1. The third-order valence-electron chi connectivity index (χ3n) is 4.11. The van der Waals surface area contributed by atoms with Gasteiger partial charge in [-0.15, -0.1) is 0 Å². The Morgan fingerprint density at radius 2 is 1.88 bits per heavy atom. The zero-order chi connectivity index (χ0) is 18.6. The lowest BCUT2D eigenvalue weighted by Crippen LogP contribution is -2.09. The number of alkyl halides is 3. The number of rotatable bonds is 2. The van der Waals surface area contributed by atoms with Gasteiger partial charge in [0.05, 0.1) is 5.56 Å². The fourth-order valence-electron chi connectivity index (χ4n) is 3.00. The van der Waals surface area contributed by atoms with E-state index < -0.39 is 11.9 Å². The molecule has 0 atom stereocenters. The zero-order valence-corrected chi connectivity index (χ0v) is 13.9. The highest BCUT2D eigenvalue weighted by atomic mass is 19.4. The molecule has 10 heteroatoms. The van der Waals surface area contributed by atoms with Gasteiger partial charge in [0.15, 0.2) is 11.5 Å². The molecule has 7 nitrogen and oxygen atoms in total. The van der Waals surface area contributed by atoms with Crippen molar-refractivity contribution in [2.24, 2.45) is 14.1 Å². The van der Waals surface area contributed by atoms with Crippen LogP contribution in [0.2, 0.25) is 0 Å². The van der Waals surface area contributed by atoms with Gasteiger partial charge in [0.2, 0.25) is 0 Å². The molecule has 0 radical (unpaired) electrons. The molecule has 4 aromatic rings. The number of nitrogens with two attached hydrogens (primary N) is 1. The summed E-state index contributed by atoms with van der Waals surface area (Å²) in [5.74, 6) is 0.0764. The van der Waals surface area contributed by atoms with Crippen molar-refractivity contribution < 1.29 is 13.2 Å². The molecule has 0 saturated heterocycles. The molecule has 0 aliphatic heterocycles. The molecule has 0 fully saturated rings. The number of aromatic nitrogens is 6. The second-order valence-electron chi connectivity index (χ2n) is 5.89. The molecule has 0 unspecified atom stereocenters. The Morgan fingerprint density at radius 3 is 2.54 bits per heavy atom. The number of hydrogen-bond acceptors (Lipinski definition) is 4. The van der Waals surface area contributed by atoms with Gasteiger partial charge < -0.3 is 10.3 Å². The topological polar surface area (TPSA) is 79.5 Å². The summed E-state index contributed by atoms with van der Waals surface area (Å²) in [6.07, 6.45) is 0.0829. The second-order valence-corrected chi connectivity index (χ2v) is 5.89. The Hall–Kier alpha value is -3.30. The van der Waals surface area contributed by atoms with Gasteiger partial charge in [-0.2, -0.15) is 28.1 Å². The zero-order valence-electron chi connectivity index (χ0n) is 13.9. The van der Waals surface area contributed by atoms with Gasteiger partial charge in [-0.3, -0.25) is 4.68 Å². The van der Waals surface area contributed by atoms with Crippen LogP contribution in [0.15, 0.2) is 36.8 Å². The van der Waals surface area contributed by atoms with E-state index in [1.807, 2.05) is 0 Å². The van der Waals surface area contributed by atoms with E-state index in [1.54, 1.807) is 49.4 Å². The van der Waals surface area contributed by atoms with E-state index in [1.165, 1.54) is 10.7 Å². The van der Waals surface area contributed by atoms with Crippen LogP contribution in [0.4, 0.5) is 19.0 Å². The van der Waals surface area contributed by atoms with Crippen molar-refractivity contribution in [1.29, 1.82) is 0 Å². The fraction of sp³-hybridized carbons (Fsp3) is 0.188. The highest BCUT2D eigenvalue weighted by Gasteiger charge is 2.40. The molecule has 0 aromatic carbocycles. The minimum atomic E-state index is -4.67. The van der Waals surface area contributed by atoms with E-state index in [0.29, 0.717) is 16.6 Å². The van der Waals surface area contributed by atoms with Crippen molar-refractivity contribution in [2.75, 3.05) is 5.73 Å². The molecule has 0 amide bonds. The molecule has 0 saturated carbocycles. The van der Waals surface area contributed by atoms with E-state index in [-0.39, 0.29) is 17.2 Å². The summed E-state index contributed by atoms with van der Waals surface area (Å²) < 4.78 is 45.2. The van der Waals surface area contributed by atoms with Crippen molar-refractivity contribution in [2.45, 2.75) is 6.18 Å². The van der Waals surface area contributed by atoms with Crippen molar-refractivity contribution in [1.82, 2.24) is 29.1 Å². The monoisotopic (exact) mass is 361 g/mol. The summed E-state index contributed by atoms with van der Waals surface area (Å²) in [5, 5.41) is 8.37. The average molecular weight is 361 g/mol. The van der Waals surface area contributed by atoms with Crippen LogP contribution >= 0.6 is 0 Å². The first-order valence-corrected chi connectivity index (χ1v) is 7.63. The van der Waals surface area contributed by atoms with E-state index in [0.717, 1.165) is 4.68 Å². The van der Waals surface area contributed by atoms with Gasteiger partial charge in [0, 0.05) is 49.7 Å². The number of hydrogen-bond donors (Lipinski definition) is 1. The largest absolute Gasteiger partial charge is 0.435 e. The van der Waals surface area contributed by atoms with E-state index in [9.17, 15) is 13.2 Å². The number of aryl methyl sites for hydroxylation is 2. The molecule has 26 heavy (non-hydrogen) atoms. The predicted molar refractivity (Wildman–Crippen MR) is 89.5 cm³/mol. The van der Waals surface area contributed by atoms with Crippen molar-refractivity contribution in [3.63, 3.8) is 0 Å². The Kier molecular flexibility index (Phi) is 3.33. The average Bonchev–Trinajstić information content (AvgIpc) is 3.24. The summed E-state index contributed by atoms with van der Waals surface area (Å²) in [6.45, 7) is 0. The van der Waals surface area contributed by atoms with Crippen molar-refractivity contribution in [3.8, 4) is 16.9 Å². The van der Waals surface area contributed by atoms with Crippen LogP contribution in [0.5, 0.6) is 0 Å². The molecule has 134 valence electrons. The van der Waals surface area contributed by atoms with Crippen LogP contribution in [0.3, 0.4) is 0 Å². The summed E-state index contributed by atoms with van der Waals surface area (Å²) >= 11 is 0. The van der Waals surface area contributed by atoms with Crippen molar-refractivity contribution in [3.05, 3.63) is 42.5 Å². The van der Waals surface area contributed by atoms with Gasteiger partial charge in [-0.05, 0) is 12.1 Å². The maximum Gasteiger partial charge on any atom is 0.435 e. The minimum Gasteiger partial charge on any atom is -0.383 e. The predicted octanol–water partition coefficient (Wildman–Crippen LogP) is 2.76. The van der Waals surface area contributed by atoms with Crippen LogP contribution < -0.4 is 5.73 Å². The molecular weight excluding hydrogens is 347 g/mol. The summed E-state index contributed by atoms with van der Waals surface area (Å²) in [5.41, 5.74) is 5.74. The van der Waals surface area contributed by atoms with E-state index in [4.69, 9.17) is 5.73 Å². The lowest BCUT2D eigenvalue weighted by Gasteiger charge is -2.06. The van der Waals surface area contributed by atoms with Crippen LogP contribution in [-0.2, 0) is 20.3 Å². The molecule has 0 aliphatic carbocycles. The lowest BCUT2D eigenvalue weighted by molar-refractivity contribution is -0.140.